The van der Waals surface area contributed by atoms with Gasteiger partial charge in [-0.25, -0.2) is 4.68 Å². The minimum atomic E-state index is 0.805. The molecular formula is C15H13BrN2O2. The highest BCUT2D eigenvalue weighted by Gasteiger charge is 2.08. The largest absolute Gasteiger partial charge is 0.497 e. The van der Waals surface area contributed by atoms with Gasteiger partial charge in [0.1, 0.15) is 11.5 Å². The van der Waals surface area contributed by atoms with Crippen LogP contribution in [0.2, 0.25) is 0 Å². The third-order valence-electron chi connectivity index (χ3n) is 3.11. The maximum atomic E-state index is 5.23. The lowest BCUT2D eigenvalue weighted by molar-refractivity contribution is 0.414. The van der Waals surface area contributed by atoms with Gasteiger partial charge in [-0.1, -0.05) is 0 Å². The molecule has 0 fully saturated rings. The van der Waals surface area contributed by atoms with Crippen molar-refractivity contribution in [1.82, 2.24) is 9.78 Å². The van der Waals surface area contributed by atoms with Gasteiger partial charge in [0, 0.05) is 16.1 Å². The lowest BCUT2D eigenvalue weighted by Crippen LogP contribution is -1.96. The third kappa shape index (κ3) is 2.25. The highest BCUT2D eigenvalue weighted by Crippen LogP contribution is 2.27. The summed E-state index contributed by atoms with van der Waals surface area (Å²) >= 11 is 3.54. The van der Waals surface area contributed by atoms with Crippen molar-refractivity contribution in [2.75, 3.05) is 14.2 Å². The van der Waals surface area contributed by atoms with Crippen molar-refractivity contribution in [3.63, 3.8) is 0 Å². The quantitative estimate of drug-likeness (QED) is 0.731. The fourth-order valence-electron chi connectivity index (χ4n) is 2.05. The number of fused-ring (bicyclic) bond motifs is 1. The molecule has 0 aliphatic carbocycles. The van der Waals surface area contributed by atoms with E-state index in [-0.39, 0.29) is 0 Å². The van der Waals surface area contributed by atoms with Crippen LogP contribution in [-0.2, 0) is 0 Å². The predicted molar refractivity (Wildman–Crippen MR) is 81.9 cm³/mol. The minimum Gasteiger partial charge on any atom is -0.497 e. The maximum absolute atomic E-state index is 5.23. The van der Waals surface area contributed by atoms with Crippen LogP contribution < -0.4 is 9.47 Å². The third-order valence-corrected chi connectivity index (χ3v) is 3.75. The molecule has 4 nitrogen and oxygen atoms in total. The van der Waals surface area contributed by atoms with Crippen LogP contribution in [0.25, 0.3) is 16.6 Å². The summed E-state index contributed by atoms with van der Waals surface area (Å²) in [6.07, 6.45) is 1.98. The molecule has 0 bridgehead atoms. The summed E-state index contributed by atoms with van der Waals surface area (Å²) in [5, 5.41) is 5.60. The predicted octanol–water partition coefficient (Wildman–Crippen LogP) is 3.81. The fourth-order valence-corrected chi connectivity index (χ4v) is 2.59. The second kappa shape index (κ2) is 5.17. The van der Waals surface area contributed by atoms with E-state index in [0.717, 1.165) is 32.6 Å². The van der Waals surface area contributed by atoms with Gasteiger partial charge in [-0.05, 0) is 52.3 Å². The Morgan fingerprint density at radius 2 is 1.70 bits per heavy atom. The highest BCUT2D eigenvalue weighted by molar-refractivity contribution is 9.10. The Hall–Kier alpha value is -2.01. The molecule has 0 aliphatic heterocycles. The summed E-state index contributed by atoms with van der Waals surface area (Å²) in [5.74, 6) is 1.63. The summed E-state index contributed by atoms with van der Waals surface area (Å²) < 4.78 is 13.2. The standard InChI is InChI=1S/C15H13BrN2O2/c1-19-11-3-5-14-10(7-11)9-18(17-14)15-6-4-12(20-2)8-13(15)16/h3-9H,1-2H3. The van der Waals surface area contributed by atoms with Gasteiger partial charge in [-0.15, -0.1) is 0 Å². The zero-order valence-electron chi connectivity index (χ0n) is 11.1. The summed E-state index contributed by atoms with van der Waals surface area (Å²) in [6.45, 7) is 0. The molecule has 0 aliphatic rings. The lowest BCUT2D eigenvalue weighted by Gasteiger charge is -2.06. The molecule has 3 aromatic rings. The molecule has 20 heavy (non-hydrogen) atoms. The van der Waals surface area contributed by atoms with Crippen LogP contribution in [0.3, 0.4) is 0 Å². The second-order valence-corrected chi connectivity index (χ2v) is 5.17. The number of benzene rings is 2. The van der Waals surface area contributed by atoms with E-state index in [1.165, 1.54) is 0 Å². The van der Waals surface area contributed by atoms with Crippen molar-refractivity contribution >= 4 is 26.8 Å². The summed E-state index contributed by atoms with van der Waals surface area (Å²) in [4.78, 5) is 0. The van der Waals surface area contributed by atoms with Gasteiger partial charge in [-0.3, -0.25) is 0 Å². The van der Waals surface area contributed by atoms with E-state index in [2.05, 4.69) is 21.0 Å². The zero-order chi connectivity index (χ0) is 14.1. The van der Waals surface area contributed by atoms with Crippen LogP contribution in [0.5, 0.6) is 11.5 Å². The van der Waals surface area contributed by atoms with E-state index in [1.54, 1.807) is 14.2 Å². The normalized spacial score (nSPS) is 10.8. The number of hydrogen-bond donors (Lipinski definition) is 0. The maximum Gasteiger partial charge on any atom is 0.120 e. The SMILES string of the molecule is COc1ccc(-n2cc3cc(OC)ccc3n2)c(Br)c1. The van der Waals surface area contributed by atoms with Gasteiger partial charge in [0.15, 0.2) is 0 Å². The van der Waals surface area contributed by atoms with Gasteiger partial charge in [0.05, 0.1) is 25.4 Å². The average Bonchev–Trinajstić information content (AvgIpc) is 2.89. The highest BCUT2D eigenvalue weighted by atomic mass is 79.9. The first kappa shape index (κ1) is 13.0. The number of ether oxygens (including phenoxy) is 2. The molecule has 0 N–H and O–H groups in total. The lowest BCUT2D eigenvalue weighted by atomic mass is 10.2. The molecule has 0 radical (unpaired) electrons. The molecule has 0 spiro atoms. The van der Waals surface area contributed by atoms with Crippen molar-refractivity contribution < 1.29 is 9.47 Å². The average molecular weight is 333 g/mol. The number of halogens is 1. The Morgan fingerprint density at radius 3 is 2.40 bits per heavy atom. The molecule has 3 rings (SSSR count). The van der Waals surface area contributed by atoms with E-state index >= 15 is 0 Å². The minimum absolute atomic E-state index is 0.805. The zero-order valence-corrected chi connectivity index (χ0v) is 12.7. The number of methoxy groups -OCH3 is 2. The molecule has 0 atom stereocenters. The van der Waals surface area contributed by atoms with Crippen molar-refractivity contribution in [3.05, 3.63) is 47.1 Å². The first-order valence-corrected chi connectivity index (χ1v) is 6.88. The molecule has 2 aromatic carbocycles. The van der Waals surface area contributed by atoms with Crippen LogP contribution in [-0.4, -0.2) is 24.0 Å². The van der Waals surface area contributed by atoms with E-state index in [4.69, 9.17) is 9.47 Å². The fraction of sp³-hybridized carbons (Fsp3) is 0.133. The molecule has 5 heteroatoms. The Kier molecular flexibility index (Phi) is 3.36. The molecule has 102 valence electrons. The van der Waals surface area contributed by atoms with Crippen molar-refractivity contribution in [2.45, 2.75) is 0 Å². The van der Waals surface area contributed by atoms with Gasteiger partial charge in [0.25, 0.3) is 0 Å². The van der Waals surface area contributed by atoms with Gasteiger partial charge >= 0.3 is 0 Å². The van der Waals surface area contributed by atoms with Crippen molar-refractivity contribution in [3.8, 4) is 17.2 Å². The molecule has 0 unspecified atom stereocenters. The van der Waals surface area contributed by atoms with E-state index in [1.807, 2.05) is 47.3 Å². The second-order valence-electron chi connectivity index (χ2n) is 4.32. The molecule has 0 amide bonds. The molecule has 1 aromatic heterocycles. The Balaban J connectivity index is 2.10. The van der Waals surface area contributed by atoms with Gasteiger partial charge in [0.2, 0.25) is 0 Å². The Labute approximate surface area is 125 Å². The summed E-state index contributed by atoms with van der Waals surface area (Å²) in [5.41, 5.74) is 1.88. The monoisotopic (exact) mass is 332 g/mol. The molecular weight excluding hydrogens is 320 g/mol. The first-order valence-electron chi connectivity index (χ1n) is 6.08. The van der Waals surface area contributed by atoms with Gasteiger partial charge in [-0.2, -0.15) is 5.10 Å². The van der Waals surface area contributed by atoms with Crippen LogP contribution in [0.15, 0.2) is 47.1 Å². The van der Waals surface area contributed by atoms with Crippen LogP contribution in [0.1, 0.15) is 0 Å². The summed E-state index contributed by atoms with van der Waals surface area (Å²) in [7, 11) is 3.31. The van der Waals surface area contributed by atoms with E-state index in [0.29, 0.717) is 0 Å². The van der Waals surface area contributed by atoms with Crippen LogP contribution in [0.4, 0.5) is 0 Å². The number of aromatic nitrogens is 2. The molecule has 0 saturated carbocycles. The van der Waals surface area contributed by atoms with Crippen LogP contribution >= 0.6 is 15.9 Å². The van der Waals surface area contributed by atoms with E-state index < -0.39 is 0 Å². The Morgan fingerprint density at radius 1 is 1.00 bits per heavy atom. The summed E-state index contributed by atoms with van der Waals surface area (Å²) in [6, 6.07) is 11.6. The number of nitrogens with zero attached hydrogens (tertiary/aromatic N) is 2. The smallest absolute Gasteiger partial charge is 0.120 e. The van der Waals surface area contributed by atoms with E-state index in [9.17, 15) is 0 Å². The van der Waals surface area contributed by atoms with Crippen molar-refractivity contribution in [1.29, 1.82) is 0 Å². The van der Waals surface area contributed by atoms with Crippen LogP contribution in [0, 0.1) is 0 Å². The molecule has 1 heterocycles. The topological polar surface area (TPSA) is 36.3 Å². The molecule has 0 saturated heterocycles. The Bertz CT molecular complexity index is 768. The first-order chi connectivity index (χ1) is 9.71. The number of rotatable bonds is 3. The number of hydrogen-bond acceptors (Lipinski definition) is 3. The van der Waals surface area contributed by atoms with Gasteiger partial charge < -0.3 is 9.47 Å². The van der Waals surface area contributed by atoms with Crippen molar-refractivity contribution in [2.24, 2.45) is 0 Å².